The molecule has 1 rings (SSSR count). The van der Waals surface area contributed by atoms with Crippen LogP contribution in [0.1, 0.15) is 59.8 Å². The average molecular weight is 704 g/mol. The normalized spacial score (nSPS) is 18.1. The van der Waals surface area contributed by atoms with E-state index in [0.29, 0.717) is 18.6 Å². The maximum atomic E-state index is 13.1. The van der Waals surface area contributed by atoms with Crippen molar-refractivity contribution in [2.24, 2.45) is 17.6 Å². The Balaban J connectivity index is 2.88. The van der Waals surface area contributed by atoms with E-state index in [2.05, 4.69) is 26.6 Å². The number of amides is 6. The van der Waals surface area contributed by atoms with Crippen LogP contribution >= 0.6 is 11.8 Å². The maximum Gasteiger partial charge on any atom is 0.326 e. The topological polar surface area (TPSA) is 270 Å². The van der Waals surface area contributed by atoms with Crippen LogP contribution in [0.4, 0.5) is 0 Å². The molecule has 10 N–H and O–H groups in total. The van der Waals surface area contributed by atoms with Crippen molar-refractivity contribution in [1.29, 1.82) is 0 Å². The van der Waals surface area contributed by atoms with Gasteiger partial charge in [0.1, 0.15) is 30.2 Å². The number of nitrogens with two attached hydrogens (primary N) is 1. The van der Waals surface area contributed by atoms with Gasteiger partial charge < -0.3 is 52.5 Å². The van der Waals surface area contributed by atoms with Crippen LogP contribution in [0.25, 0.3) is 0 Å². The molecule has 274 valence electrons. The van der Waals surface area contributed by atoms with Crippen molar-refractivity contribution < 1.29 is 48.9 Å². The van der Waals surface area contributed by atoms with Gasteiger partial charge in [0.25, 0.3) is 0 Å². The van der Waals surface area contributed by atoms with Crippen molar-refractivity contribution >= 4 is 53.2 Å². The van der Waals surface area contributed by atoms with Gasteiger partial charge in [0.05, 0.1) is 25.8 Å². The highest BCUT2D eigenvalue weighted by Gasteiger charge is 2.37. The summed E-state index contributed by atoms with van der Waals surface area (Å²) in [6.45, 7) is 5.35. The predicted octanol–water partition coefficient (Wildman–Crippen LogP) is -2.73. The lowest BCUT2D eigenvalue weighted by Crippen LogP contribution is -2.60. The lowest BCUT2D eigenvalue weighted by atomic mass is 9.99. The van der Waals surface area contributed by atoms with Gasteiger partial charge in [-0.25, -0.2) is 4.79 Å². The third-order valence-electron chi connectivity index (χ3n) is 8.05. The maximum absolute atomic E-state index is 13.1. The first kappa shape index (κ1) is 42.5. The van der Waals surface area contributed by atoms with Gasteiger partial charge in [-0.3, -0.25) is 28.8 Å². The van der Waals surface area contributed by atoms with Gasteiger partial charge in [0.15, 0.2) is 0 Å². The quantitative estimate of drug-likeness (QED) is 0.0590. The molecule has 0 aromatic rings. The molecule has 0 bridgehead atoms. The summed E-state index contributed by atoms with van der Waals surface area (Å²) in [6.07, 6.45) is 3.47. The van der Waals surface area contributed by atoms with Crippen molar-refractivity contribution in [3.63, 3.8) is 0 Å². The molecule has 0 aliphatic carbocycles. The zero-order valence-electron chi connectivity index (χ0n) is 28.3. The van der Waals surface area contributed by atoms with Crippen LogP contribution in [-0.2, 0) is 33.6 Å². The Kier molecular flexibility index (Phi) is 19.0. The third kappa shape index (κ3) is 13.6. The lowest BCUT2D eigenvalue weighted by molar-refractivity contribution is -0.143. The Morgan fingerprint density at radius 1 is 0.854 bits per heavy atom. The van der Waals surface area contributed by atoms with Gasteiger partial charge in [-0.05, 0) is 49.5 Å². The van der Waals surface area contributed by atoms with Crippen LogP contribution < -0.4 is 32.3 Å². The van der Waals surface area contributed by atoms with Crippen molar-refractivity contribution in [3.8, 4) is 0 Å². The van der Waals surface area contributed by atoms with Gasteiger partial charge in [0, 0.05) is 6.54 Å². The molecule has 1 aliphatic heterocycles. The number of hydrogen-bond donors (Lipinski definition) is 9. The number of carboxylic acids is 1. The molecule has 6 amide bonds. The Bertz CT molecular complexity index is 1130. The SMILES string of the molecule is CC[C@H](C)[C@H](N)C(=O)NCC(=O)N1CCC[C@H]1C(=O)N[C@@H](CO)C(=O)N[C@@H](CO)C(=O)N[C@@H](CCSC)C(=O)N[C@@H](CC(C)C)C(=O)O. The second kappa shape index (κ2) is 21.5. The molecule has 1 fully saturated rings. The van der Waals surface area contributed by atoms with Crippen LogP contribution in [-0.4, -0.2) is 136 Å². The standard InChI is InChI=1S/C30H53N7O10S/c1-6-17(4)24(31)29(45)32-13-23(40)37-10-7-8-22(37)28(44)36-21(15-39)27(43)35-20(14-38)26(42)33-18(9-11-48-5)25(41)34-19(30(46)47)12-16(2)3/h16-22,24,38-39H,6-15,31H2,1-5H3,(H,32,45)(H,33,42)(H,34,41)(H,35,43)(H,36,44)(H,46,47)/t17-,18-,19-,20-,21-,22-,24-/m0/s1. The Morgan fingerprint density at radius 2 is 1.40 bits per heavy atom. The summed E-state index contributed by atoms with van der Waals surface area (Å²) in [6, 6.07) is -7.31. The zero-order valence-corrected chi connectivity index (χ0v) is 29.1. The van der Waals surface area contributed by atoms with Crippen molar-refractivity contribution in [2.75, 3.05) is 38.3 Å². The van der Waals surface area contributed by atoms with Gasteiger partial charge >= 0.3 is 5.97 Å². The van der Waals surface area contributed by atoms with E-state index >= 15 is 0 Å². The van der Waals surface area contributed by atoms with E-state index in [1.54, 1.807) is 20.1 Å². The number of aliphatic hydroxyl groups is 2. The lowest BCUT2D eigenvalue weighted by Gasteiger charge is -2.27. The molecular formula is C30H53N7O10S. The second-order valence-electron chi connectivity index (χ2n) is 12.2. The van der Waals surface area contributed by atoms with Crippen LogP contribution in [0.2, 0.25) is 0 Å². The van der Waals surface area contributed by atoms with E-state index in [4.69, 9.17) is 5.73 Å². The first-order valence-electron chi connectivity index (χ1n) is 16.1. The minimum Gasteiger partial charge on any atom is -0.480 e. The minimum absolute atomic E-state index is 0.0386. The molecule has 0 spiro atoms. The van der Waals surface area contributed by atoms with Crippen molar-refractivity contribution in [2.45, 2.75) is 96.1 Å². The van der Waals surface area contributed by atoms with Crippen LogP contribution in [0.5, 0.6) is 0 Å². The van der Waals surface area contributed by atoms with E-state index in [1.807, 2.05) is 13.8 Å². The van der Waals surface area contributed by atoms with E-state index in [0.717, 1.165) is 0 Å². The first-order chi connectivity index (χ1) is 22.6. The van der Waals surface area contributed by atoms with Gasteiger partial charge in [-0.2, -0.15) is 11.8 Å². The third-order valence-corrected chi connectivity index (χ3v) is 8.69. The molecule has 18 heteroatoms. The number of nitrogens with one attached hydrogen (secondary N) is 5. The molecule has 17 nitrogen and oxygen atoms in total. The number of likely N-dealkylation sites (tertiary alicyclic amines) is 1. The first-order valence-corrected chi connectivity index (χ1v) is 17.5. The molecule has 1 saturated heterocycles. The van der Waals surface area contributed by atoms with Crippen molar-refractivity contribution in [3.05, 3.63) is 0 Å². The van der Waals surface area contributed by atoms with E-state index in [1.165, 1.54) is 16.7 Å². The summed E-state index contributed by atoms with van der Waals surface area (Å²) < 4.78 is 0. The van der Waals surface area contributed by atoms with Crippen LogP contribution in [0.15, 0.2) is 0 Å². The molecule has 0 saturated carbocycles. The molecule has 0 aromatic heterocycles. The molecular weight excluding hydrogens is 650 g/mol. The fraction of sp³-hybridized carbons (Fsp3) is 0.767. The summed E-state index contributed by atoms with van der Waals surface area (Å²) >= 11 is 1.38. The second-order valence-corrected chi connectivity index (χ2v) is 13.2. The number of carbonyl (C=O) groups is 7. The summed E-state index contributed by atoms with van der Waals surface area (Å²) in [5.74, 6) is -5.44. The monoisotopic (exact) mass is 703 g/mol. The largest absolute Gasteiger partial charge is 0.480 e. The predicted molar refractivity (Wildman–Crippen MR) is 177 cm³/mol. The number of carbonyl (C=O) groups excluding carboxylic acids is 6. The molecule has 0 unspecified atom stereocenters. The van der Waals surface area contributed by atoms with E-state index in [9.17, 15) is 48.9 Å². The van der Waals surface area contributed by atoms with E-state index in [-0.39, 0.29) is 44.2 Å². The highest BCUT2D eigenvalue weighted by atomic mass is 32.2. The number of rotatable bonds is 21. The Hall–Kier alpha value is -3.48. The minimum atomic E-state index is -1.59. The molecule has 0 radical (unpaired) electrons. The Morgan fingerprint density at radius 3 is 1.92 bits per heavy atom. The average Bonchev–Trinajstić information content (AvgIpc) is 3.55. The summed E-state index contributed by atoms with van der Waals surface area (Å²) in [4.78, 5) is 90.1. The Labute approximate surface area is 285 Å². The number of hydrogen-bond acceptors (Lipinski definition) is 11. The summed E-state index contributed by atoms with van der Waals surface area (Å²) in [5, 5.41) is 41.2. The molecule has 1 aliphatic rings. The summed E-state index contributed by atoms with van der Waals surface area (Å²) in [5.41, 5.74) is 5.90. The fourth-order valence-electron chi connectivity index (χ4n) is 4.90. The molecule has 1 heterocycles. The zero-order chi connectivity index (χ0) is 36.6. The van der Waals surface area contributed by atoms with Gasteiger partial charge in [0.2, 0.25) is 35.4 Å². The number of thioether (sulfide) groups is 1. The number of aliphatic hydroxyl groups excluding tert-OH is 2. The highest BCUT2D eigenvalue weighted by molar-refractivity contribution is 7.98. The van der Waals surface area contributed by atoms with Gasteiger partial charge in [-0.15, -0.1) is 0 Å². The van der Waals surface area contributed by atoms with Crippen LogP contribution in [0, 0.1) is 11.8 Å². The number of nitrogens with zero attached hydrogens (tertiary/aromatic N) is 1. The smallest absolute Gasteiger partial charge is 0.326 e. The molecule has 0 aromatic carbocycles. The summed E-state index contributed by atoms with van der Waals surface area (Å²) in [7, 11) is 0. The molecule has 7 atom stereocenters. The van der Waals surface area contributed by atoms with Gasteiger partial charge in [-0.1, -0.05) is 34.1 Å². The molecule has 48 heavy (non-hydrogen) atoms. The number of aliphatic carboxylic acids is 1. The van der Waals surface area contributed by atoms with Crippen molar-refractivity contribution in [1.82, 2.24) is 31.5 Å². The van der Waals surface area contributed by atoms with E-state index < -0.39 is 90.9 Å². The highest BCUT2D eigenvalue weighted by Crippen LogP contribution is 2.18. The van der Waals surface area contributed by atoms with Crippen LogP contribution in [0.3, 0.4) is 0 Å². The number of carboxylic acid groups (broad SMARTS) is 1. The fourth-order valence-corrected chi connectivity index (χ4v) is 5.37.